The van der Waals surface area contributed by atoms with Crippen molar-refractivity contribution in [3.05, 3.63) is 67.1 Å². The molecule has 0 fully saturated rings. The number of anilines is 1. The smallest absolute Gasteiger partial charge is 0.248 e. The summed E-state index contributed by atoms with van der Waals surface area (Å²) in [5.74, 6) is -0.383. The molecule has 0 heterocycles. The van der Waals surface area contributed by atoms with E-state index in [0.29, 0.717) is 36.4 Å². The number of rotatable bonds is 3. The van der Waals surface area contributed by atoms with E-state index in [1.54, 1.807) is 24.3 Å². The maximum atomic E-state index is 11.9. The van der Waals surface area contributed by atoms with E-state index in [1.807, 2.05) is 0 Å². The maximum Gasteiger partial charge on any atom is 0.248 e. The highest BCUT2D eigenvalue weighted by molar-refractivity contribution is 6.44. The van der Waals surface area contributed by atoms with Crippen molar-refractivity contribution in [2.45, 2.75) is 0 Å². The van der Waals surface area contributed by atoms with E-state index >= 15 is 0 Å². The molecule has 0 aliphatic carbocycles. The topological polar surface area (TPSA) is 29.1 Å². The molecule has 114 valence electrons. The minimum Gasteiger partial charge on any atom is -0.321 e. The van der Waals surface area contributed by atoms with E-state index in [1.165, 1.54) is 18.2 Å². The maximum absolute atomic E-state index is 11.9. The molecule has 2 aromatic carbocycles. The zero-order valence-electron chi connectivity index (χ0n) is 10.8. The lowest BCUT2D eigenvalue weighted by Gasteiger charge is -2.07. The molecule has 0 aliphatic heterocycles. The second-order valence-corrected chi connectivity index (χ2v) is 6.30. The summed E-state index contributed by atoms with van der Waals surface area (Å²) in [5, 5.41) is 4.48. The Morgan fingerprint density at radius 3 is 2.23 bits per heavy atom. The minimum atomic E-state index is -0.383. The van der Waals surface area contributed by atoms with Gasteiger partial charge in [-0.2, -0.15) is 0 Å². The molecule has 0 radical (unpaired) electrons. The first-order chi connectivity index (χ1) is 10.4. The molecule has 0 spiro atoms. The van der Waals surface area contributed by atoms with Crippen molar-refractivity contribution in [1.82, 2.24) is 0 Å². The molecule has 22 heavy (non-hydrogen) atoms. The van der Waals surface area contributed by atoms with Crippen LogP contribution < -0.4 is 5.32 Å². The van der Waals surface area contributed by atoms with Gasteiger partial charge in [0, 0.05) is 16.1 Å². The van der Waals surface area contributed by atoms with E-state index in [-0.39, 0.29) is 5.91 Å². The Bertz CT molecular complexity index is 758. The van der Waals surface area contributed by atoms with Crippen molar-refractivity contribution in [1.29, 1.82) is 0 Å². The van der Waals surface area contributed by atoms with Crippen molar-refractivity contribution >= 4 is 75.7 Å². The number of hydrogen-bond acceptors (Lipinski definition) is 1. The fourth-order valence-corrected chi connectivity index (χ4v) is 2.66. The van der Waals surface area contributed by atoms with Gasteiger partial charge in [-0.25, -0.2) is 0 Å². The van der Waals surface area contributed by atoms with E-state index < -0.39 is 0 Å². The van der Waals surface area contributed by atoms with Crippen LogP contribution in [0.5, 0.6) is 0 Å². The molecule has 2 rings (SSSR count). The van der Waals surface area contributed by atoms with Gasteiger partial charge in [-0.05, 0) is 35.9 Å². The molecule has 7 heteroatoms. The number of benzene rings is 2. The van der Waals surface area contributed by atoms with Gasteiger partial charge in [0.15, 0.2) is 0 Å². The summed E-state index contributed by atoms with van der Waals surface area (Å²) in [6.45, 7) is 0. The van der Waals surface area contributed by atoms with Gasteiger partial charge in [-0.1, -0.05) is 64.1 Å². The lowest BCUT2D eigenvalue weighted by Crippen LogP contribution is -2.08. The molecule has 0 atom stereocenters. The fourth-order valence-electron chi connectivity index (χ4n) is 1.59. The van der Waals surface area contributed by atoms with Gasteiger partial charge in [-0.15, -0.1) is 0 Å². The summed E-state index contributed by atoms with van der Waals surface area (Å²) in [5.41, 5.74) is 1.04. The molecule has 0 saturated carbocycles. The number of amides is 1. The van der Waals surface area contributed by atoms with Gasteiger partial charge >= 0.3 is 0 Å². The fraction of sp³-hybridized carbons (Fsp3) is 0. The van der Waals surface area contributed by atoms with Crippen LogP contribution in [0, 0.1) is 0 Å². The molecule has 0 aromatic heterocycles. The lowest BCUT2D eigenvalue weighted by atomic mass is 10.2. The Morgan fingerprint density at radius 1 is 0.864 bits per heavy atom. The zero-order chi connectivity index (χ0) is 16.3. The number of carbonyl (C=O) groups is 1. The summed E-state index contributed by atoms with van der Waals surface area (Å²) < 4.78 is 0. The largest absolute Gasteiger partial charge is 0.321 e. The van der Waals surface area contributed by atoms with Gasteiger partial charge < -0.3 is 5.32 Å². The summed E-state index contributed by atoms with van der Waals surface area (Å²) in [7, 11) is 0. The predicted molar refractivity (Wildman–Crippen MR) is 95.6 cm³/mol. The van der Waals surface area contributed by atoms with Crippen LogP contribution in [0.2, 0.25) is 25.1 Å². The summed E-state index contributed by atoms with van der Waals surface area (Å²) in [6.07, 6.45) is 2.90. The standard InChI is InChI=1S/C15H8Cl5NO/c16-9-3-1-8(10(17)5-9)2-4-15(22)21-14-7-12(19)11(18)6-13(14)20/h1-7H,(H,21,22). The van der Waals surface area contributed by atoms with Crippen LogP contribution in [-0.2, 0) is 4.79 Å². The molecule has 0 saturated heterocycles. The Morgan fingerprint density at radius 2 is 1.55 bits per heavy atom. The highest BCUT2D eigenvalue weighted by Gasteiger charge is 2.08. The van der Waals surface area contributed by atoms with E-state index in [4.69, 9.17) is 58.0 Å². The second-order valence-electron chi connectivity index (χ2n) is 4.23. The van der Waals surface area contributed by atoms with Crippen molar-refractivity contribution in [2.24, 2.45) is 0 Å². The summed E-state index contributed by atoms with van der Waals surface area (Å²) in [6, 6.07) is 7.92. The molecule has 0 aliphatic rings. The van der Waals surface area contributed by atoms with E-state index in [0.717, 1.165) is 0 Å². The third-order valence-corrected chi connectivity index (χ3v) is 4.24. The second kappa shape index (κ2) is 7.58. The Labute approximate surface area is 152 Å². The Hall–Kier alpha value is -0.900. The van der Waals surface area contributed by atoms with Crippen LogP contribution in [0.25, 0.3) is 6.08 Å². The third-order valence-electron chi connectivity index (χ3n) is 2.64. The first-order valence-corrected chi connectivity index (χ1v) is 7.84. The molecular weight excluding hydrogens is 387 g/mol. The van der Waals surface area contributed by atoms with Gasteiger partial charge in [0.2, 0.25) is 5.91 Å². The number of halogens is 5. The van der Waals surface area contributed by atoms with Crippen LogP contribution >= 0.6 is 58.0 Å². The lowest BCUT2D eigenvalue weighted by molar-refractivity contribution is -0.111. The Balaban J connectivity index is 2.13. The van der Waals surface area contributed by atoms with Crippen molar-refractivity contribution in [3.63, 3.8) is 0 Å². The van der Waals surface area contributed by atoms with Gasteiger partial charge in [0.25, 0.3) is 0 Å². The van der Waals surface area contributed by atoms with Crippen LogP contribution in [0.15, 0.2) is 36.4 Å². The van der Waals surface area contributed by atoms with Crippen LogP contribution in [0.3, 0.4) is 0 Å². The van der Waals surface area contributed by atoms with E-state index in [2.05, 4.69) is 5.32 Å². The van der Waals surface area contributed by atoms with Crippen LogP contribution in [0.4, 0.5) is 5.69 Å². The van der Waals surface area contributed by atoms with Gasteiger partial charge in [-0.3, -0.25) is 4.79 Å². The van der Waals surface area contributed by atoms with Gasteiger partial charge in [0.05, 0.1) is 20.8 Å². The molecule has 0 unspecified atom stereocenters. The summed E-state index contributed by atoms with van der Waals surface area (Å²) in [4.78, 5) is 11.9. The average Bonchev–Trinajstić information content (AvgIpc) is 2.44. The van der Waals surface area contributed by atoms with Crippen LogP contribution in [0.1, 0.15) is 5.56 Å². The molecule has 2 aromatic rings. The van der Waals surface area contributed by atoms with Crippen LogP contribution in [-0.4, -0.2) is 5.91 Å². The summed E-state index contributed by atoms with van der Waals surface area (Å²) >= 11 is 29.5. The molecule has 1 amide bonds. The Kier molecular flexibility index (Phi) is 6.01. The van der Waals surface area contributed by atoms with Gasteiger partial charge in [0.1, 0.15) is 0 Å². The monoisotopic (exact) mass is 393 g/mol. The average molecular weight is 396 g/mol. The quantitative estimate of drug-likeness (QED) is 0.460. The first-order valence-electron chi connectivity index (χ1n) is 5.95. The minimum absolute atomic E-state index is 0.292. The first kappa shape index (κ1) is 17.5. The highest BCUT2D eigenvalue weighted by Crippen LogP contribution is 2.32. The number of carbonyl (C=O) groups excluding carboxylic acids is 1. The number of hydrogen-bond donors (Lipinski definition) is 1. The molecule has 1 N–H and O–H groups in total. The normalized spacial score (nSPS) is 11.0. The van der Waals surface area contributed by atoms with E-state index in [9.17, 15) is 4.79 Å². The zero-order valence-corrected chi connectivity index (χ0v) is 14.6. The molecular formula is C15H8Cl5NO. The highest BCUT2D eigenvalue weighted by atomic mass is 35.5. The SMILES string of the molecule is O=C(C=Cc1ccc(Cl)cc1Cl)Nc1cc(Cl)c(Cl)cc1Cl. The third kappa shape index (κ3) is 4.55. The van der Waals surface area contributed by atoms with Crippen molar-refractivity contribution in [2.75, 3.05) is 5.32 Å². The molecule has 0 bridgehead atoms. The molecule has 2 nitrogen and oxygen atoms in total. The number of nitrogens with one attached hydrogen (secondary N) is 1. The van der Waals surface area contributed by atoms with Crippen molar-refractivity contribution < 1.29 is 4.79 Å². The predicted octanol–water partition coefficient (Wildman–Crippen LogP) is 6.61. The van der Waals surface area contributed by atoms with Crippen molar-refractivity contribution in [3.8, 4) is 0 Å².